The van der Waals surface area contributed by atoms with Crippen LogP contribution in [0, 0.1) is 0 Å². The molecule has 4 rings (SSSR count). The molecule has 0 unspecified atom stereocenters. The summed E-state index contributed by atoms with van der Waals surface area (Å²) in [6.45, 7) is 4.39. The zero-order valence-electron chi connectivity index (χ0n) is 18.2. The molecule has 2 aromatic rings. The Kier molecular flexibility index (Phi) is 6.42. The Morgan fingerprint density at radius 2 is 1.68 bits per heavy atom. The van der Waals surface area contributed by atoms with E-state index in [1.807, 2.05) is 47.4 Å². The van der Waals surface area contributed by atoms with Crippen molar-refractivity contribution in [3.8, 4) is 11.5 Å². The van der Waals surface area contributed by atoms with E-state index in [0.29, 0.717) is 31.6 Å². The van der Waals surface area contributed by atoms with Crippen LogP contribution in [0.25, 0.3) is 0 Å². The minimum atomic E-state index is 0.000988. The summed E-state index contributed by atoms with van der Waals surface area (Å²) in [5.41, 5.74) is 2.50. The normalized spacial score (nSPS) is 17.2. The van der Waals surface area contributed by atoms with E-state index in [-0.39, 0.29) is 11.8 Å². The maximum atomic E-state index is 13.2. The number of piperazine rings is 1. The molecule has 0 atom stereocenters. The summed E-state index contributed by atoms with van der Waals surface area (Å²) in [5, 5.41) is 0. The fraction of sp³-hybridized carbons (Fsp3) is 0.417. The second-order valence-corrected chi connectivity index (χ2v) is 7.92. The van der Waals surface area contributed by atoms with E-state index in [1.165, 1.54) is 0 Å². The first-order valence-electron chi connectivity index (χ1n) is 10.7. The zero-order chi connectivity index (χ0) is 21.8. The highest BCUT2D eigenvalue weighted by Gasteiger charge is 2.29. The van der Waals surface area contributed by atoms with Gasteiger partial charge in [0.25, 0.3) is 5.91 Å². The first-order chi connectivity index (χ1) is 15.1. The fourth-order valence-electron chi connectivity index (χ4n) is 4.31. The van der Waals surface area contributed by atoms with Crippen LogP contribution in [-0.4, -0.2) is 68.6 Å². The Morgan fingerprint density at radius 1 is 0.935 bits per heavy atom. The highest BCUT2D eigenvalue weighted by atomic mass is 16.5. The molecule has 7 heteroatoms. The molecule has 0 N–H and O–H groups in total. The van der Waals surface area contributed by atoms with E-state index < -0.39 is 0 Å². The third kappa shape index (κ3) is 4.51. The van der Waals surface area contributed by atoms with Gasteiger partial charge in [-0.25, -0.2) is 0 Å². The summed E-state index contributed by atoms with van der Waals surface area (Å²) in [4.78, 5) is 31.4. The molecule has 0 spiro atoms. The van der Waals surface area contributed by atoms with Gasteiger partial charge in [-0.1, -0.05) is 18.2 Å². The molecular weight excluding hydrogens is 394 g/mol. The summed E-state index contributed by atoms with van der Waals surface area (Å²) < 4.78 is 10.7. The monoisotopic (exact) mass is 423 g/mol. The number of ether oxygens (including phenoxy) is 2. The standard InChI is InChI=1S/C24H29N3O4/c1-30-21-10-9-18(16-22(21)31-2)17-25-12-14-26(15-13-25)24(29)19-6-3-4-7-20(19)27-11-5-8-23(27)28/h3-4,6-7,9-10,16H,5,8,11-15,17H2,1-2H3. The van der Waals surface area contributed by atoms with Gasteiger partial charge in [0.15, 0.2) is 11.5 Å². The van der Waals surface area contributed by atoms with E-state index in [4.69, 9.17) is 9.47 Å². The van der Waals surface area contributed by atoms with Crippen LogP contribution in [0.5, 0.6) is 11.5 Å². The Labute approximate surface area is 183 Å². The predicted molar refractivity (Wildman–Crippen MR) is 119 cm³/mol. The van der Waals surface area contributed by atoms with Crippen LogP contribution < -0.4 is 14.4 Å². The molecule has 0 bridgehead atoms. The summed E-state index contributed by atoms with van der Waals surface area (Å²) in [6, 6.07) is 13.4. The Hall–Kier alpha value is -3.06. The van der Waals surface area contributed by atoms with Crippen molar-refractivity contribution in [2.75, 3.05) is 51.8 Å². The van der Waals surface area contributed by atoms with Crippen LogP contribution in [0.2, 0.25) is 0 Å². The summed E-state index contributed by atoms with van der Waals surface area (Å²) in [7, 11) is 3.27. The van der Waals surface area contributed by atoms with Crippen molar-refractivity contribution in [2.45, 2.75) is 19.4 Å². The highest BCUT2D eigenvalue weighted by Crippen LogP contribution is 2.29. The van der Waals surface area contributed by atoms with Gasteiger partial charge in [0.05, 0.1) is 25.5 Å². The molecule has 2 fully saturated rings. The number of anilines is 1. The predicted octanol–water partition coefficient (Wildman–Crippen LogP) is 2.79. The van der Waals surface area contributed by atoms with Crippen molar-refractivity contribution in [3.05, 3.63) is 53.6 Å². The van der Waals surface area contributed by atoms with Gasteiger partial charge in [-0.3, -0.25) is 14.5 Å². The van der Waals surface area contributed by atoms with Crippen molar-refractivity contribution in [3.63, 3.8) is 0 Å². The average molecular weight is 424 g/mol. The second-order valence-electron chi connectivity index (χ2n) is 7.92. The number of methoxy groups -OCH3 is 2. The molecule has 7 nitrogen and oxygen atoms in total. The van der Waals surface area contributed by atoms with Crippen LogP contribution in [-0.2, 0) is 11.3 Å². The number of para-hydroxylation sites is 1. The first kappa shape index (κ1) is 21.2. The number of rotatable bonds is 6. The molecule has 0 saturated carbocycles. The average Bonchev–Trinajstić information content (AvgIpc) is 3.24. The molecular formula is C24H29N3O4. The molecule has 0 aromatic heterocycles. The minimum absolute atomic E-state index is 0.000988. The fourth-order valence-corrected chi connectivity index (χ4v) is 4.31. The van der Waals surface area contributed by atoms with Crippen LogP contribution in [0.1, 0.15) is 28.8 Å². The van der Waals surface area contributed by atoms with Crippen LogP contribution in [0.15, 0.2) is 42.5 Å². The zero-order valence-corrected chi connectivity index (χ0v) is 18.2. The van der Waals surface area contributed by atoms with Crippen molar-refractivity contribution >= 4 is 17.5 Å². The van der Waals surface area contributed by atoms with Gasteiger partial charge < -0.3 is 19.3 Å². The van der Waals surface area contributed by atoms with Gasteiger partial charge in [-0.05, 0) is 36.2 Å². The number of carbonyl (C=O) groups is 2. The lowest BCUT2D eigenvalue weighted by Gasteiger charge is -2.35. The summed E-state index contributed by atoms with van der Waals surface area (Å²) in [6.07, 6.45) is 1.40. The van der Waals surface area contributed by atoms with Crippen LogP contribution in [0.4, 0.5) is 5.69 Å². The maximum absolute atomic E-state index is 13.2. The molecule has 2 aromatic carbocycles. The van der Waals surface area contributed by atoms with E-state index in [2.05, 4.69) is 4.90 Å². The number of carbonyl (C=O) groups excluding carboxylic acids is 2. The van der Waals surface area contributed by atoms with E-state index in [0.717, 1.165) is 48.8 Å². The molecule has 2 amide bonds. The van der Waals surface area contributed by atoms with Crippen molar-refractivity contribution in [1.29, 1.82) is 0 Å². The molecule has 31 heavy (non-hydrogen) atoms. The highest BCUT2D eigenvalue weighted by molar-refractivity contribution is 6.05. The Balaban J connectivity index is 1.39. The quantitative estimate of drug-likeness (QED) is 0.715. The molecule has 2 aliphatic rings. The third-order valence-corrected chi connectivity index (χ3v) is 6.01. The largest absolute Gasteiger partial charge is 0.493 e. The summed E-state index contributed by atoms with van der Waals surface area (Å²) in [5.74, 6) is 1.54. The molecule has 0 aliphatic carbocycles. The van der Waals surface area contributed by atoms with Crippen LogP contribution >= 0.6 is 0 Å². The van der Waals surface area contributed by atoms with Crippen LogP contribution in [0.3, 0.4) is 0 Å². The lowest BCUT2D eigenvalue weighted by molar-refractivity contribution is -0.117. The smallest absolute Gasteiger partial charge is 0.256 e. The topological polar surface area (TPSA) is 62.3 Å². The lowest BCUT2D eigenvalue weighted by atomic mass is 10.1. The van der Waals surface area contributed by atoms with Gasteiger partial charge in [0.1, 0.15) is 0 Å². The summed E-state index contributed by atoms with van der Waals surface area (Å²) >= 11 is 0. The number of hydrogen-bond donors (Lipinski definition) is 0. The SMILES string of the molecule is COc1ccc(CN2CCN(C(=O)c3ccccc3N3CCCC3=O)CC2)cc1OC. The van der Waals surface area contributed by atoms with Crippen molar-refractivity contribution in [1.82, 2.24) is 9.80 Å². The minimum Gasteiger partial charge on any atom is -0.493 e. The van der Waals surface area contributed by atoms with Crippen molar-refractivity contribution < 1.29 is 19.1 Å². The van der Waals surface area contributed by atoms with Gasteiger partial charge in [0, 0.05) is 45.7 Å². The molecule has 164 valence electrons. The van der Waals surface area contributed by atoms with E-state index in [9.17, 15) is 9.59 Å². The third-order valence-electron chi connectivity index (χ3n) is 6.01. The van der Waals surface area contributed by atoms with Gasteiger partial charge in [0.2, 0.25) is 5.91 Å². The lowest BCUT2D eigenvalue weighted by Crippen LogP contribution is -2.48. The Morgan fingerprint density at radius 3 is 2.35 bits per heavy atom. The van der Waals surface area contributed by atoms with Gasteiger partial charge in [-0.15, -0.1) is 0 Å². The molecule has 0 radical (unpaired) electrons. The Bertz CT molecular complexity index is 954. The number of hydrogen-bond acceptors (Lipinski definition) is 5. The van der Waals surface area contributed by atoms with Gasteiger partial charge in [-0.2, -0.15) is 0 Å². The molecule has 2 saturated heterocycles. The number of benzene rings is 2. The number of amides is 2. The van der Waals surface area contributed by atoms with E-state index in [1.54, 1.807) is 19.1 Å². The maximum Gasteiger partial charge on any atom is 0.256 e. The van der Waals surface area contributed by atoms with E-state index >= 15 is 0 Å². The molecule has 2 heterocycles. The first-order valence-corrected chi connectivity index (χ1v) is 10.7. The number of nitrogens with zero attached hydrogens (tertiary/aromatic N) is 3. The molecule has 2 aliphatic heterocycles. The second kappa shape index (κ2) is 9.39. The van der Waals surface area contributed by atoms with Gasteiger partial charge >= 0.3 is 0 Å². The van der Waals surface area contributed by atoms with Crippen molar-refractivity contribution in [2.24, 2.45) is 0 Å².